The second-order valence-corrected chi connectivity index (χ2v) is 5.76. The molecule has 2 atom stereocenters. The zero-order valence-electron chi connectivity index (χ0n) is 11.7. The third-order valence-electron chi connectivity index (χ3n) is 4.42. The van der Waals surface area contributed by atoms with Gasteiger partial charge >= 0.3 is 0 Å². The first-order valence-corrected chi connectivity index (χ1v) is 7.33. The molecule has 2 fully saturated rings. The second-order valence-electron chi connectivity index (χ2n) is 5.76. The van der Waals surface area contributed by atoms with Gasteiger partial charge in [-0.1, -0.05) is 30.3 Å². The van der Waals surface area contributed by atoms with Gasteiger partial charge < -0.3 is 10.2 Å². The van der Waals surface area contributed by atoms with Crippen molar-refractivity contribution in [3.63, 3.8) is 0 Å². The fourth-order valence-electron chi connectivity index (χ4n) is 3.00. The van der Waals surface area contributed by atoms with Gasteiger partial charge in [0.2, 0.25) is 11.8 Å². The third kappa shape index (κ3) is 2.30. The highest BCUT2D eigenvalue weighted by atomic mass is 16.2. The van der Waals surface area contributed by atoms with Crippen LogP contribution in [0.1, 0.15) is 31.7 Å². The van der Waals surface area contributed by atoms with Gasteiger partial charge in [-0.2, -0.15) is 0 Å². The highest BCUT2D eigenvalue weighted by Gasteiger charge is 2.42. The standard InChI is InChI=1S/C16H20N2O2/c1-11-15(19)17-14(10-12-6-3-2-4-7-12)16(20)18(11)13-8-5-9-13/h2-4,6-7,11,13-14H,5,8-10H2,1H3,(H,17,19). The summed E-state index contributed by atoms with van der Waals surface area (Å²) in [6.45, 7) is 1.82. The van der Waals surface area contributed by atoms with E-state index >= 15 is 0 Å². The van der Waals surface area contributed by atoms with Gasteiger partial charge in [0.25, 0.3) is 0 Å². The number of hydrogen-bond donors (Lipinski definition) is 1. The van der Waals surface area contributed by atoms with Crippen molar-refractivity contribution in [2.24, 2.45) is 0 Å². The number of carbonyl (C=O) groups is 2. The topological polar surface area (TPSA) is 49.4 Å². The van der Waals surface area contributed by atoms with Gasteiger partial charge in [0.1, 0.15) is 12.1 Å². The van der Waals surface area contributed by atoms with E-state index in [1.807, 2.05) is 42.2 Å². The number of nitrogens with one attached hydrogen (secondary N) is 1. The molecule has 1 saturated heterocycles. The molecule has 2 unspecified atom stereocenters. The molecule has 1 saturated carbocycles. The minimum Gasteiger partial charge on any atom is -0.342 e. The molecule has 1 aliphatic carbocycles. The molecular weight excluding hydrogens is 252 g/mol. The summed E-state index contributed by atoms with van der Waals surface area (Å²) < 4.78 is 0. The van der Waals surface area contributed by atoms with E-state index in [2.05, 4.69) is 5.32 Å². The smallest absolute Gasteiger partial charge is 0.246 e. The Kier molecular flexibility index (Phi) is 3.47. The molecule has 106 valence electrons. The minimum absolute atomic E-state index is 0.0302. The minimum atomic E-state index is -0.415. The van der Waals surface area contributed by atoms with Gasteiger partial charge in [-0.05, 0) is 31.7 Å². The van der Waals surface area contributed by atoms with E-state index < -0.39 is 6.04 Å². The van der Waals surface area contributed by atoms with E-state index in [1.165, 1.54) is 0 Å². The lowest BCUT2D eigenvalue weighted by atomic mass is 9.88. The molecule has 3 rings (SSSR count). The number of hydrogen-bond acceptors (Lipinski definition) is 2. The molecule has 0 aromatic heterocycles. The van der Waals surface area contributed by atoms with Crippen molar-refractivity contribution in [3.8, 4) is 0 Å². The van der Waals surface area contributed by atoms with Crippen molar-refractivity contribution in [3.05, 3.63) is 35.9 Å². The average molecular weight is 272 g/mol. The van der Waals surface area contributed by atoms with Gasteiger partial charge in [-0.3, -0.25) is 9.59 Å². The Balaban J connectivity index is 1.77. The number of piperazine rings is 1. The monoisotopic (exact) mass is 272 g/mol. The van der Waals surface area contributed by atoms with Crippen molar-refractivity contribution in [1.29, 1.82) is 0 Å². The largest absolute Gasteiger partial charge is 0.342 e. The van der Waals surface area contributed by atoms with Gasteiger partial charge in [0.15, 0.2) is 0 Å². The Labute approximate surface area is 119 Å². The normalized spacial score (nSPS) is 27.1. The van der Waals surface area contributed by atoms with E-state index in [0.717, 1.165) is 24.8 Å². The Hall–Kier alpha value is -1.84. The van der Waals surface area contributed by atoms with Crippen LogP contribution in [0.4, 0.5) is 0 Å². The van der Waals surface area contributed by atoms with Crippen LogP contribution in [0, 0.1) is 0 Å². The van der Waals surface area contributed by atoms with Gasteiger partial charge in [-0.15, -0.1) is 0 Å². The molecule has 1 heterocycles. The molecule has 4 nitrogen and oxygen atoms in total. The van der Waals surface area contributed by atoms with Crippen LogP contribution < -0.4 is 5.32 Å². The molecule has 2 aliphatic rings. The molecule has 2 amide bonds. The number of rotatable bonds is 3. The predicted octanol–water partition coefficient (Wildman–Crippen LogP) is 1.50. The van der Waals surface area contributed by atoms with Crippen LogP contribution in [0.2, 0.25) is 0 Å². The quantitative estimate of drug-likeness (QED) is 0.906. The molecule has 20 heavy (non-hydrogen) atoms. The van der Waals surface area contributed by atoms with Crippen LogP contribution in [0.25, 0.3) is 0 Å². The molecule has 1 aliphatic heterocycles. The van der Waals surface area contributed by atoms with Crippen molar-refractivity contribution in [2.45, 2.75) is 50.7 Å². The van der Waals surface area contributed by atoms with Gasteiger partial charge in [-0.25, -0.2) is 0 Å². The Morgan fingerprint density at radius 3 is 2.50 bits per heavy atom. The van der Waals surface area contributed by atoms with E-state index in [4.69, 9.17) is 0 Å². The molecule has 4 heteroatoms. The summed E-state index contributed by atoms with van der Waals surface area (Å²) in [5.41, 5.74) is 1.08. The van der Waals surface area contributed by atoms with Crippen molar-refractivity contribution >= 4 is 11.8 Å². The molecule has 1 aromatic carbocycles. The van der Waals surface area contributed by atoms with E-state index in [-0.39, 0.29) is 23.9 Å². The van der Waals surface area contributed by atoms with Crippen LogP contribution in [0.5, 0.6) is 0 Å². The molecule has 0 bridgehead atoms. The lowest BCUT2D eigenvalue weighted by Gasteiger charge is -2.45. The Morgan fingerprint density at radius 2 is 1.90 bits per heavy atom. The van der Waals surface area contributed by atoms with E-state index in [0.29, 0.717) is 6.42 Å². The van der Waals surface area contributed by atoms with Crippen LogP contribution in [-0.2, 0) is 16.0 Å². The maximum Gasteiger partial charge on any atom is 0.246 e. The molecule has 0 radical (unpaired) electrons. The Morgan fingerprint density at radius 1 is 1.20 bits per heavy atom. The second kappa shape index (κ2) is 5.27. The van der Waals surface area contributed by atoms with Crippen LogP contribution >= 0.6 is 0 Å². The maximum absolute atomic E-state index is 12.6. The van der Waals surface area contributed by atoms with Gasteiger partial charge in [0.05, 0.1) is 0 Å². The van der Waals surface area contributed by atoms with Gasteiger partial charge in [0, 0.05) is 12.5 Å². The fraction of sp³-hybridized carbons (Fsp3) is 0.500. The SMILES string of the molecule is CC1C(=O)NC(Cc2ccccc2)C(=O)N1C1CCC1. The fourth-order valence-corrected chi connectivity index (χ4v) is 3.00. The molecule has 0 spiro atoms. The van der Waals surface area contributed by atoms with Crippen LogP contribution in [0.15, 0.2) is 30.3 Å². The first-order chi connectivity index (χ1) is 9.66. The highest BCUT2D eigenvalue weighted by Crippen LogP contribution is 2.29. The summed E-state index contributed by atoms with van der Waals surface area (Å²) in [5, 5.41) is 2.87. The third-order valence-corrected chi connectivity index (χ3v) is 4.42. The first kappa shape index (κ1) is 13.2. The lowest BCUT2D eigenvalue weighted by molar-refractivity contribution is -0.153. The van der Waals surface area contributed by atoms with Crippen molar-refractivity contribution in [1.82, 2.24) is 10.2 Å². The van der Waals surface area contributed by atoms with E-state index in [1.54, 1.807) is 0 Å². The van der Waals surface area contributed by atoms with Crippen LogP contribution in [0.3, 0.4) is 0 Å². The summed E-state index contributed by atoms with van der Waals surface area (Å²) in [5.74, 6) is 0.0445. The first-order valence-electron chi connectivity index (χ1n) is 7.33. The highest BCUT2D eigenvalue weighted by molar-refractivity contribution is 5.97. The number of amides is 2. The van der Waals surface area contributed by atoms with Crippen molar-refractivity contribution in [2.75, 3.05) is 0 Å². The summed E-state index contributed by atoms with van der Waals surface area (Å²) >= 11 is 0. The van der Waals surface area contributed by atoms with Crippen molar-refractivity contribution < 1.29 is 9.59 Å². The summed E-state index contributed by atoms with van der Waals surface area (Å²) in [6, 6.07) is 9.36. The predicted molar refractivity (Wildman–Crippen MR) is 76.0 cm³/mol. The zero-order chi connectivity index (χ0) is 14.1. The average Bonchev–Trinajstić information content (AvgIpc) is 2.40. The molecule has 1 N–H and O–H groups in total. The number of nitrogens with zero attached hydrogens (tertiary/aromatic N) is 1. The molecule has 1 aromatic rings. The zero-order valence-corrected chi connectivity index (χ0v) is 11.7. The van der Waals surface area contributed by atoms with Crippen LogP contribution in [-0.4, -0.2) is 34.8 Å². The number of carbonyl (C=O) groups excluding carboxylic acids is 2. The lowest BCUT2D eigenvalue weighted by Crippen LogP contribution is -2.66. The van der Waals surface area contributed by atoms with E-state index in [9.17, 15) is 9.59 Å². The summed E-state index contributed by atoms with van der Waals surface area (Å²) in [7, 11) is 0. The Bertz CT molecular complexity index is 510. The molecular formula is C16H20N2O2. The summed E-state index contributed by atoms with van der Waals surface area (Å²) in [6.07, 6.45) is 3.79. The number of benzene rings is 1. The summed E-state index contributed by atoms with van der Waals surface area (Å²) in [4.78, 5) is 26.5. The maximum atomic E-state index is 12.6.